The SMILES string of the molecule is Nc1n[nH]c2c3c(ncc12)CCC3. The molecule has 66 valence electrons. The summed E-state index contributed by atoms with van der Waals surface area (Å²) < 4.78 is 0. The average Bonchev–Trinajstić information content (AvgIpc) is 2.70. The van der Waals surface area contributed by atoms with Crippen LogP contribution in [0.15, 0.2) is 6.20 Å². The Morgan fingerprint density at radius 3 is 3.23 bits per heavy atom. The smallest absolute Gasteiger partial charge is 0.154 e. The van der Waals surface area contributed by atoms with Crippen molar-refractivity contribution in [3.05, 3.63) is 17.5 Å². The van der Waals surface area contributed by atoms with Crippen LogP contribution in [0.3, 0.4) is 0 Å². The molecule has 4 nitrogen and oxygen atoms in total. The highest BCUT2D eigenvalue weighted by molar-refractivity contribution is 5.90. The van der Waals surface area contributed by atoms with Crippen molar-refractivity contribution in [2.24, 2.45) is 0 Å². The van der Waals surface area contributed by atoms with E-state index < -0.39 is 0 Å². The molecule has 4 heteroatoms. The van der Waals surface area contributed by atoms with Gasteiger partial charge in [0, 0.05) is 11.9 Å². The van der Waals surface area contributed by atoms with Crippen molar-refractivity contribution in [2.45, 2.75) is 19.3 Å². The number of nitrogens with two attached hydrogens (primary N) is 1. The van der Waals surface area contributed by atoms with Crippen LogP contribution in [0.5, 0.6) is 0 Å². The van der Waals surface area contributed by atoms with E-state index in [9.17, 15) is 0 Å². The van der Waals surface area contributed by atoms with Crippen LogP contribution in [0.4, 0.5) is 5.82 Å². The molecule has 0 saturated heterocycles. The van der Waals surface area contributed by atoms with Crippen LogP contribution in [0.2, 0.25) is 0 Å². The number of pyridine rings is 1. The van der Waals surface area contributed by atoms with E-state index in [1.165, 1.54) is 17.7 Å². The van der Waals surface area contributed by atoms with Crippen molar-refractivity contribution >= 4 is 16.7 Å². The summed E-state index contributed by atoms with van der Waals surface area (Å²) in [5, 5.41) is 7.92. The lowest BCUT2D eigenvalue weighted by molar-refractivity contribution is 0.899. The highest BCUT2D eigenvalue weighted by atomic mass is 15.2. The van der Waals surface area contributed by atoms with Crippen LogP contribution in [-0.4, -0.2) is 15.2 Å². The first kappa shape index (κ1) is 6.88. The summed E-state index contributed by atoms with van der Waals surface area (Å²) in [5.74, 6) is 0.553. The van der Waals surface area contributed by atoms with E-state index in [0.29, 0.717) is 5.82 Å². The van der Waals surface area contributed by atoms with Gasteiger partial charge in [0.2, 0.25) is 0 Å². The summed E-state index contributed by atoms with van der Waals surface area (Å²) in [7, 11) is 0. The van der Waals surface area contributed by atoms with Crippen molar-refractivity contribution in [2.75, 3.05) is 5.73 Å². The number of H-pyrrole nitrogens is 1. The molecule has 1 aliphatic rings. The largest absolute Gasteiger partial charge is 0.382 e. The van der Waals surface area contributed by atoms with Gasteiger partial charge in [-0.3, -0.25) is 10.1 Å². The Labute approximate surface area is 75.2 Å². The summed E-state index contributed by atoms with van der Waals surface area (Å²) in [6.07, 6.45) is 5.20. The van der Waals surface area contributed by atoms with E-state index in [1.807, 2.05) is 6.20 Å². The number of aromatic nitrogens is 3. The minimum absolute atomic E-state index is 0.553. The number of aryl methyl sites for hydroxylation is 2. The zero-order valence-corrected chi connectivity index (χ0v) is 7.17. The summed E-state index contributed by atoms with van der Waals surface area (Å²) in [6, 6.07) is 0. The fourth-order valence-corrected chi connectivity index (χ4v) is 2.01. The first-order valence-electron chi connectivity index (χ1n) is 4.46. The minimum Gasteiger partial charge on any atom is -0.382 e. The molecular formula is C9H10N4. The maximum atomic E-state index is 5.69. The standard InChI is InChI=1S/C9H10N4/c10-9-6-4-11-7-3-1-2-5(7)8(6)12-13-9/h4H,1-3H2,(H3,10,12,13). The summed E-state index contributed by atoms with van der Waals surface area (Å²) in [6.45, 7) is 0. The van der Waals surface area contributed by atoms with Gasteiger partial charge in [-0.15, -0.1) is 0 Å². The molecule has 0 aromatic carbocycles. The Balaban J connectivity index is 2.44. The second-order valence-corrected chi connectivity index (χ2v) is 3.43. The highest BCUT2D eigenvalue weighted by Gasteiger charge is 2.17. The normalized spacial score (nSPS) is 15.1. The molecule has 0 radical (unpaired) electrons. The first-order valence-corrected chi connectivity index (χ1v) is 4.46. The molecule has 2 heterocycles. The van der Waals surface area contributed by atoms with Gasteiger partial charge in [0.25, 0.3) is 0 Å². The zero-order chi connectivity index (χ0) is 8.84. The van der Waals surface area contributed by atoms with Crippen molar-refractivity contribution in [3.8, 4) is 0 Å². The molecule has 0 saturated carbocycles. The molecule has 0 fully saturated rings. The van der Waals surface area contributed by atoms with Gasteiger partial charge in [0.15, 0.2) is 5.82 Å². The predicted molar refractivity (Wildman–Crippen MR) is 50.3 cm³/mol. The van der Waals surface area contributed by atoms with Gasteiger partial charge in [-0.1, -0.05) is 0 Å². The average molecular weight is 174 g/mol. The molecule has 2 aromatic rings. The zero-order valence-electron chi connectivity index (χ0n) is 7.17. The molecule has 0 aliphatic heterocycles. The maximum absolute atomic E-state index is 5.69. The van der Waals surface area contributed by atoms with Gasteiger partial charge in [-0.25, -0.2) is 0 Å². The second kappa shape index (κ2) is 2.22. The number of hydrogen-bond donors (Lipinski definition) is 2. The molecule has 1 aliphatic carbocycles. The number of hydrogen-bond acceptors (Lipinski definition) is 3. The number of rotatable bonds is 0. The molecule has 0 spiro atoms. The molecule has 3 N–H and O–H groups in total. The van der Waals surface area contributed by atoms with Crippen LogP contribution in [0, 0.1) is 0 Å². The van der Waals surface area contributed by atoms with Crippen molar-refractivity contribution < 1.29 is 0 Å². The van der Waals surface area contributed by atoms with E-state index in [4.69, 9.17) is 5.73 Å². The lowest BCUT2D eigenvalue weighted by Crippen LogP contribution is -1.89. The fourth-order valence-electron chi connectivity index (χ4n) is 2.01. The fraction of sp³-hybridized carbons (Fsp3) is 0.333. The molecule has 0 unspecified atom stereocenters. The van der Waals surface area contributed by atoms with E-state index in [-0.39, 0.29) is 0 Å². The van der Waals surface area contributed by atoms with Gasteiger partial charge < -0.3 is 5.73 Å². The van der Waals surface area contributed by atoms with Gasteiger partial charge in [0.05, 0.1) is 10.9 Å². The minimum atomic E-state index is 0.553. The third-order valence-electron chi connectivity index (χ3n) is 2.67. The highest BCUT2D eigenvalue weighted by Crippen LogP contribution is 2.28. The van der Waals surface area contributed by atoms with Gasteiger partial charge in [0.1, 0.15) is 0 Å². The number of anilines is 1. The van der Waals surface area contributed by atoms with Crippen molar-refractivity contribution in [1.29, 1.82) is 0 Å². The monoisotopic (exact) mass is 174 g/mol. The third kappa shape index (κ3) is 0.798. The van der Waals surface area contributed by atoms with Crippen molar-refractivity contribution in [1.82, 2.24) is 15.2 Å². The van der Waals surface area contributed by atoms with Gasteiger partial charge >= 0.3 is 0 Å². The maximum Gasteiger partial charge on any atom is 0.154 e. The van der Waals surface area contributed by atoms with Crippen LogP contribution < -0.4 is 5.73 Å². The van der Waals surface area contributed by atoms with Crippen LogP contribution >= 0.6 is 0 Å². The lowest BCUT2D eigenvalue weighted by Gasteiger charge is -1.98. The van der Waals surface area contributed by atoms with E-state index in [1.54, 1.807) is 0 Å². The third-order valence-corrected chi connectivity index (χ3v) is 2.67. The number of aromatic amines is 1. The lowest BCUT2D eigenvalue weighted by atomic mass is 10.1. The molecule has 3 rings (SSSR count). The Kier molecular flexibility index (Phi) is 1.17. The molecule has 2 aromatic heterocycles. The number of nitrogen functional groups attached to an aromatic ring is 1. The van der Waals surface area contributed by atoms with Crippen molar-refractivity contribution in [3.63, 3.8) is 0 Å². The summed E-state index contributed by atoms with van der Waals surface area (Å²) >= 11 is 0. The molecular weight excluding hydrogens is 164 g/mol. The second-order valence-electron chi connectivity index (χ2n) is 3.43. The molecule has 13 heavy (non-hydrogen) atoms. The van der Waals surface area contributed by atoms with E-state index >= 15 is 0 Å². The molecule has 0 bridgehead atoms. The Bertz CT molecular complexity index is 472. The van der Waals surface area contributed by atoms with Gasteiger partial charge in [-0.05, 0) is 24.8 Å². The van der Waals surface area contributed by atoms with Gasteiger partial charge in [-0.2, -0.15) is 5.10 Å². The number of nitrogens with one attached hydrogen (secondary N) is 1. The quantitative estimate of drug-likeness (QED) is 0.626. The summed E-state index contributed by atoms with van der Waals surface area (Å²) in [4.78, 5) is 4.38. The van der Waals surface area contributed by atoms with E-state index in [0.717, 1.165) is 23.7 Å². The van der Waals surface area contributed by atoms with E-state index in [2.05, 4.69) is 15.2 Å². The number of fused-ring (bicyclic) bond motifs is 3. The van der Waals surface area contributed by atoms with Crippen LogP contribution in [-0.2, 0) is 12.8 Å². The molecule has 0 atom stereocenters. The first-order chi connectivity index (χ1) is 6.36. The Morgan fingerprint density at radius 2 is 2.31 bits per heavy atom. The Hall–Kier alpha value is -1.58. The predicted octanol–water partition coefficient (Wildman–Crippen LogP) is 1.03. The number of nitrogens with zero attached hydrogens (tertiary/aromatic N) is 2. The van der Waals surface area contributed by atoms with Crippen LogP contribution in [0.1, 0.15) is 17.7 Å². The summed E-state index contributed by atoms with van der Waals surface area (Å²) in [5.41, 5.74) is 9.28. The van der Waals surface area contributed by atoms with Crippen LogP contribution in [0.25, 0.3) is 10.9 Å². The molecule has 0 amide bonds. The topological polar surface area (TPSA) is 67.6 Å². The Morgan fingerprint density at radius 1 is 1.38 bits per heavy atom.